The fraction of sp³-hybridized carbons (Fsp3) is 0.0588. The van der Waals surface area contributed by atoms with Gasteiger partial charge in [-0.05, 0) is 17.5 Å². The maximum atomic E-state index is 12.4. The van der Waals surface area contributed by atoms with Gasteiger partial charge in [0.05, 0.1) is 10.4 Å². The minimum Gasteiger partial charge on any atom is -0.452 e. The van der Waals surface area contributed by atoms with E-state index in [4.69, 9.17) is 9.26 Å². The molecule has 0 spiro atoms. The lowest BCUT2D eigenvalue weighted by Crippen LogP contribution is -2.13. The third-order valence-corrected chi connectivity index (χ3v) is 4.37. The van der Waals surface area contributed by atoms with E-state index >= 15 is 0 Å². The highest BCUT2D eigenvalue weighted by atomic mass is 32.1. The number of fused-ring (bicyclic) bond motifs is 1. The maximum absolute atomic E-state index is 12.4. The average molecular weight is 353 g/mol. The SMILES string of the molecule is O=C(OCc1nc(-c2cccs2)no1)c1cc(=O)[nH]c2ccccc12. The van der Waals surface area contributed by atoms with Gasteiger partial charge in [-0.3, -0.25) is 4.79 Å². The van der Waals surface area contributed by atoms with Gasteiger partial charge in [-0.15, -0.1) is 11.3 Å². The molecule has 0 aliphatic carbocycles. The molecule has 0 saturated carbocycles. The van der Waals surface area contributed by atoms with Crippen molar-refractivity contribution in [3.8, 4) is 10.7 Å². The number of H-pyrrole nitrogens is 1. The summed E-state index contributed by atoms with van der Waals surface area (Å²) in [6.07, 6.45) is 0. The van der Waals surface area contributed by atoms with Crippen molar-refractivity contribution >= 4 is 28.2 Å². The molecule has 3 heterocycles. The van der Waals surface area contributed by atoms with Crippen LogP contribution < -0.4 is 5.56 Å². The van der Waals surface area contributed by atoms with Gasteiger partial charge >= 0.3 is 5.97 Å². The summed E-state index contributed by atoms with van der Waals surface area (Å²) in [7, 11) is 0. The van der Waals surface area contributed by atoms with E-state index in [0.717, 1.165) is 4.88 Å². The van der Waals surface area contributed by atoms with Crippen LogP contribution in [-0.2, 0) is 11.3 Å². The summed E-state index contributed by atoms with van der Waals surface area (Å²) in [6, 6.07) is 12.0. The van der Waals surface area contributed by atoms with Crippen LogP contribution in [0.25, 0.3) is 21.6 Å². The van der Waals surface area contributed by atoms with Crippen LogP contribution >= 0.6 is 11.3 Å². The van der Waals surface area contributed by atoms with E-state index < -0.39 is 5.97 Å². The third-order valence-electron chi connectivity index (χ3n) is 3.51. The van der Waals surface area contributed by atoms with Gasteiger partial charge < -0.3 is 14.2 Å². The molecule has 124 valence electrons. The molecule has 0 atom stereocenters. The molecule has 1 N–H and O–H groups in total. The molecule has 0 saturated heterocycles. The Hall–Kier alpha value is -3.26. The molecular weight excluding hydrogens is 342 g/mol. The summed E-state index contributed by atoms with van der Waals surface area (Å²) < 4.78 is 10.3. The van der Waals surface area contributed by atoms with Crippen molar-refractivity contribution in [3.63, 3.8) is 0 Å². The average Bonchev–Trinajstić information content (AvgIpc) is 3.30. The Morgan fingerprint density at radius 1 is 1.24 bits per heavy atom. The minimum absolute atomic E-state index is 0.168. The predicted molar refractivity (Wildman–Crippen MR) is 91.3 cm³/mol. The zero-order chi connectivity index (χ0) is 17.2. The molecule has 1 aromatic carbocycles. The van der Waals surface area contributed by atoms with Crippen molar-refractivity contribution in [1.82, 2.24) is 15.1 Å². The second-order valence-corrected chi connectivity index (χ2v) is 6.11. The molecule has 7 nitrogen and oxygen atoms in total. The first-order chi connectivity index (χ1) is 12.2. The number of ether oxygens (including phenoxy) is 1. The van der Waals surface area contributed by atoms with Crippen LogP contribution in [0.5, 0.6) is 0 Å². The first-order valence-corrected chi connectivity index (χ1v) is 8.24. The monoisotopic (exact) mass is 353 g/mol. The number of pyridine rings is 1. The van der Waals surface area contributed by atoms with Gasteiger partial charge in [0.1, 0.15) is 0 Å². The Morgan fingerprint density at radius 3 is 2.96 bits per heavy atom. The number of aromatic nitrogens is 3. The summed E-state index contributed by atoms with van der Waals surface area (Å²) in [6.45, 7) is -0.168. The number of thiophene rings is 1. The fourth-order valence-electron chi connectivity index (χ4n) is 2.40. The number of carbonyl (C=O) groups excluding carboxylic acids is 1. The Morgan fingerprint density at radius 2 is 2.12 bits per heavy atom. The molecule has 3 aromatic heterocycles. The summed E-state index contributed by atoms with van der Waals surface area (Å²) in [4.78, 5) is 31.8. The molecule has 4 rings (SSSR count). The second-order valence-electron chi connectivity index (χ2n) is 5.16. The molecule has 4 aromatic rings. The van der Waals surface area contributed by atoms with Gasteiger partial charge in [-0.1, -0.05) is 29.4 Å². The van der Waals surface area contributed by atoms with Crippen LogP contribution in [0.15, 0.2) is 57.2 Å². The first-order valence-electron chi connectivity index (χ1n) is 7.36. The van der Waals surface area contributed by atoms with Crippen LogP contribution in [0, 0.1) is 0 Å². The van der Waals surface area contributed by atoms with E-state index in [1.54, 1.807) is 24.3 Å². The number of aromatic amines is 1. The number of hydrogen-bond acceptors (Lipinski definition) is 7. The first kappa shape index (κ1) is 15.3. The fourth-order valence-corrected chi connectivity index (χ4v) is 3.05. The summed E-state index contributed by atoms with van der Waals surface area (Å²) in [5, 5.41) is 6.37. The third kappa shape index (κ3) is 3.07. The van der Waals surface area contributed by atoms with Gasteiger partial charge in [0.15, 0.2) is 6.61 Å². The van der Waals surface area contributed by atoms with E-state index in [-0.39, 0.29) is 23.6 Å². The minimum atomic E-state index is -0.627. The van der Waals surface area contributed by atoms with Gasteiger partial charge in [-0.2, -0.15) is 4.98 Å². The Labute approximate surface area is 144 Å². The number of esters is 1. The lowest BCUT2D eigenvalue weighted by atomic mass is 10.1. The summed E-state index contributed by atoms with van der Waals surface area (Å²) >= 11 is 1.48. The van der Waals surface area contributed by atoms with Crippen molar-refractivity contribution in [2.75, 3.05) is 0 Å². The molecule has 0 bridgehead atoms. The number of benzene rings is 1. The predicted octanol–water partition coefficient (Wildman–Crippen LogP) is 3.00. The van der Waals surface area contributed by atoms with Gasteiger partial charge in [-0.25, -0.2) is 4.79 Å². The van der Waals surface area contributed by atoms with Crippen LogP contribution in [0.4, 0.5) is 0 Å². The summed E-state index contributed by atoms with van der Waals surface area (Å²) in [5.41, 5.74) is 0.389. The van der Waals surface area contributed by atoms with Crippen LogP contribution in [0.1, 0.15) is 16.2 Å². The van der Waals surface area contributed by atoms with E-state index in [1.807, 2.05) is 17.5 Å². The van der Waals surface area contributed by atoms with Gasteiger partial charge in [0.25, 0.3) is 5.89 Å². The highest BCUT2D eigenvalue weighted by Gasteiger charge is 2.16. The standard InChI is InChI=1S/C17H11N3O4S/c21-14-8-11(10-4-1-2-5-12(10)18-14)17(22)23-9-15-19-16(20-24-15)13-6-3-7-25-13/h1-8H,9H2,(H,18,21). The van der Waals surface area contributed by atoms with E-state index in [1.165, 1.54) is 17.4 Å². The summed E-state index contributed by atoms with van der Waals surface area (Å²) in [5.74, 6) is 0.00623. The number of carbonyl (C=O) groups is 1. The number of nitrogens with zero attached hydrogens (tertiary/aromatic N) is 2. The van der Waals surface area contributed by atoms with E-state index in [9.17, 15) is 9.59 Å². The van der Waals surface area contributed by atoms with Crippen molar-refractivity contribution in [2.45, 2.75) is 6.61 Å². The van der Waals surface area contributed by atoms with Crippen LogP contribution in [0.3, 0.4) is 0 Å². The zero-order valence-electron chi connectivity index (χ0n) is 12.8. The van der Waals surface area contributed by atoms with Crippen molar-refractivity contribution in [3.05, 3.63) is 69.7 Å². The second kappa shape index (κ2) is 6.33. The lowest BCUT2D eigenvalue weighted by Gasteiger charge is -2.05. The molecule has 0 aliphatic heterocycles. The number of nitrogens with one attached hydrogen (secondary N) is 1. The van der Waals surface area contributed by atoms with Crippen molar-refractivity contribution in [1.29, 1.82) is 0 Å². The molecule has 25 heavy (non-hydrogen) atoms. The largest absolute Gasteiger partial charge is 0.452 e. The lowest BCUT2D eigenvalue weighted by molar-refractivity contribution is 0.0432. The van der Waals surface area contributed by atoms with E-state index in [2.05, 4.69) is 15.1 Å². The van der Waals surface area contributed by atoms with Gasteiger partial charge in [0, 0.05) is 17.0 Å². The Balaban J connectivity index is 1.54. The number of hydrogen-bond donors (Lipinski definition) is 1. The smallest absolute Gasteiger partial charge is 0.339 e. The Bertz CT molecular complexity index is 1100. The van der Waals surface area contributed by atoms with E-state index in [0.29, 0.717) is 16.7 Å². The molecule has 0 fully saturated rings. The zero-order valence-corrected chi connectivity index (χ0v) is 13.6. The highest BCUT2D eigenvalue weighted by molar-refractivity contribution is 7.13. The number of rotatable bonds is 4. The quantitative estimate of drug-likeness (QED) is 0.566. The molecule has 8 heteroatoms. The van der Waals surface area contributed by atoms with Gasteiger partial charge in [0.2, 0.25) is 11.4 Å². The molecule has 0 aliphatic rings. The number of para-hydroxylation sites is 1. The topological polar surface area (TPSA) is 98.1 Å². The normalized spacial score (nSPS) is 10.9. The Kier molecular flexibility index (Phi) is 3.87. The van der Waals surface area contributed by atoms with Crippen molar-refractivity contribution in [2.24, 2.45) is 0 Å². The molecule has 0 unspecified atom stereocenters. The maximum Gasteiger partial charge on any atom is 0.339 e. The van der Waals surface area contributed by atoms with Crippen LogP contribution in [-0.4, -0.2) is 21.1 Å². The molecular formula is C17H11N3O4S. The van der Waals surface area contributed by atoms with Crippen molar-refractivity contribution < 1.29 is 14.1 Å². The molecule has 0 amide bonds. The van der Waals surface area contributed by atoms with Crippen LogP contribution in [0.2, 0.25) is 0 Å². The highest BCUT2D eigenvalue weighted by Crippen LogP contribution is 2.21. The molecule has 0 radical (unpaired) electrons.